The van der Waals surface area contributed by atoms with Crippen LogP contribution in [0.25, 0.3) is 10.8 Å². The van der Waals surface area contributed by atoms with E-state index in [2.05, 4.69) is 5.32 Å². The smallest absolute Gasteiger partial charge is 0.268 e. The summed E-state index contributed by atoms with van der Waals surface area (Å²) in [4.78, 5) is 25.1. The van der Waals surface area contributed by atoms with Crippen LogP contribution in [0.3, 0.4) is 0 Å². The summed E-state index contributed by atoms with van der Waals surface area (Å²) in [6.45, 7) is 2.42. The molecule has 0 bridgehead atoms. The Hall–Kier alpha value is -2.24. The first kappa shape index (κ1) is 15.6. The first-order valence-electron chi connectivity index (χ1n) is 7.85. The molecule has 1 aliphatic carbocycles. The Morgan fingerprint density at radius 3 is 2.57 bits per heavy atom. The highest BCUT2D eigenvalue weighted by atomic mass is 19.2. The molecule has 1 heterocycles. The van der Waals surface area contributed by atoms with Gasteiger partial charge in [0.05, 0.1) is 5.39 Å². The highest BCUT2D eigenvalue weighted by Crippen LogP contribution is 2.32. The van der Waals surface area contributed by atoms with Crippen molar-refractivity contribution in [1.29, 1.82) is 0 Å². The lowest BCUT2D eigenvalue weighted by Crippen LogP contribution is -2.37. The van der Waals surface area contributed by atoms with Gasteiger partial charge in [-0.2, -0.15) is 0 Å². The largest absolute Gasteiger partial charge is 0.351 e. The lowest BCUT2D eigenvalue weighted by Gasteiger charge is -2.30. The monoisotopic (exact) mass is 320 g/mol. The first-order valence-corrected chi connectivity index (χ1v) is 7.85. The van der Waals surface area contributed by atoms with Gasteiger partial charge in [0.1, 0.15) is 5.69 Å². The van der Waals surface area contributed by atoms with Crippen LogP contribution in [0, 0.1) is 11.6 Å². The number of aromatic nitrogens is 1. The van der Waals surface area contributed by atoms with E-state index in [1.165, 1.54) is 10.6 Å². The molecule has 0 saturated heterocycles. The predicted molar refractivity (Wildman–Crippen MR) is 83.6 cm³/mol. The van der Waals surface area contributed by atoms with Gasteiger partial charge in [0.15, 0.2) is 11.6 Å². The van der Waals surface area contributed by atoms with Crippen molar-refractivity contribution in [2.75, 3.05) is 6.54 Å². The van der Waals surface area contributed by atoms with Crippen molar-refractivity contribution >= 4 is 16.7 Å². The van der Waals surface area contributed by atoms with Crippen LogP contribution in [0.15, 0.2) is 23.0 Å². The van der Waals surface area contributed by atoms with Crippen molar-refractivity contribution in [3.8, 4) is 0 Å². The third-order valence-corrected chi connectivity index (χ3v) is 4.30. The number of nitrogens with zero attached hydrogens (tertiary/aromatic N) is 1. The number of pyridine rings is 1. The highest BCUT2D eigenvalue weighted by Gasteiger charge is 2.26. The summed E-state index contributed by atoms with van der Waals surface area (Å²) >= 11 is 0. The zero-order valence-corrected chi connectivity index (χ0v) is 12.9. The predicted octanol–water partition coefficient (Wildman–Crippen LogP) is 3.14. The lowest BCUT2D eigenvalue weighted by atomic mass is 9.92. The van der Waals surface area contributed by atoms with Crippen molar-refractivity contribution in [1.82, 2.24) is 9.88 Å². The summed E-state index contributed by atoms with van der Waals surface area (Å²) < 4.78 is 28.4. The van der Waals surface area contributed by atoms with Crippen molar-refractivity contribution in [3.05, 3.63) is 45.9 Å². The van der Waals surface area contributed by atoms with E-state index in [0.29, 0.717) is 6.54 Å². The molecule has 0 spiro atoms. The Bertz CT molecular complexity index is 825. The van der Waals surface area contributed by atoms with E-state index in [1.807, 2.05) is 6.92 Å². The molecule has 23 heavy (non-hydrogen) atoms. The highest BCUT2D eigenvalue weighted by molar-refractivity contribution is 5.96. The molecule has 6 heteroatoms. The van der Waals surface area contributed by atoms with Gasteiger partial charge in [-0.05, 0) is 49.3 Å². The molecule has 1 aromatic carbocycles. The Labute approximate surface area is 132 Å². The summed E-state index contributed by atoms with van der Waals surface area (Å²) in [6.07, 6.45) is 3.38. The van der Waals surface area contributed by atoms with E-state index >= 15 is 0 Å². The van der Waals surface area contributed by atoms with Crippen LogP contribution >= 0.6 is 0 Å². The van der Waals surface area contributed by atoms with Gasteiger partial charge in [-0.3, -0.25) is 9.59 Å². The van der Waals surface area contributed by atoms with Crippen LogP contribution in [0.5, 0.6) is 0 Å². The molecular weight excluding hydrogens is 302 g/mol. The van der Waals surface area contributed by atoms with E-state index in [0.717, 1.165) is 37.8 Å². The number of nitrogens with one attached hydrogen (secondary N) is 1. The van der Waals surface area contributed by atoms with Crippen molar-refractivity contribution in [2.24, 2.45) is 0 Å². The molecule has 1 aromatic heterocycles. The molecule has 0 radical (unpaired) electrons. The van der Waals surface area contributed by atoms with Crippen molar-refractivity contribution in [2.45, 2.75) is 38.6 Å². The molecular formula is C17H18F2N2O2. The number of halogens is 2. The summed E-state index contributed by atoms with van der Waals surface area (Å²) in [5.41, 5.74) is -0.223. The molecule has 4 nitrogen and oxygen atoms in total. The standard InChI is InChI=1S/C17H18F2N2O2/c1-2-6-20-16(22)15-8-10-7-13(18)14(19)9-12(10)17(23)21(15)11-4-3-5-11/h7-9,11H,2-6H2,1H3,(H,20,22). The lowest BCUT2D eigenvalue weighted by molar-refractivity contribution is 0.0936. The SMILES string of the molecule is CCCNC(=O)c1cc2cc(F)c(F)cc2c(=O)n1C1CCC1. The maximum absolute atomic E-state index is 13.5. The molecule has 1 saturated carbocycles. The Kier molecular flexibility index (Phi) is 4.15. The van der Waals surface area contributed by atoms with Gasteiger partial charge in [-0.1, -0.05) is 6.92 Å². The second-order valence-electron chi connectivity index (χ2n) is 5.90. The van der Waals surface area contributed by atoms with Crippen LogP contribution < -0.4 is 10.9 Å². The van der Waals surface area contributed by atoms with E-state index < -0.39 is 17.2 Å². The van der Waals surface area contributed by atoms with Gasteiger partial charge in [0.2, 0.25) is 0 Å². The fourth-order valence-electron chi connectivity index (χ4n) is 2.83. The second-order valence-corrected chi connectivity index (χ2v) is 5.90. The second kappa shape index (κ2) is 6.10. The quantitative estimate of drug-likeness (QED) is 0.941. The minimum absolute atomic E-state index is 0.0533. The molecule has 1 fully saturated rings. The fourth-order valence-corrected chi connectivity index (χ4v) is 2.83. The minimum atomic E-state index is -1.06. The molecule has 3 rings (SSSR count). The average Bonchev–Trinajstić information content (AvgIpc) is 2.47. The molecule has 1 aliphatic rings. The fraction of sp³-hybridized carbons (Fsp3) is 0.412. The Morgan fingerprint density at radius 2 is 1.96 bits per heavy atom. The molecule has 0 atom stereocenters. The van der Waals surface area contributed by atoms with E-state index in [1.54, 1.807) is 0 Å². The van der Waals surface area contributed by atoms with Crippen molar-refractivity contribution < 1.29 is 13.6 Å². The number of carbonyl (C=O) groups excluding carboxylic acids is 1. The summed E-state index contributed by atoms with van der Waals surface area (Å²) in [5.74, 6) is -2.45. The maximum atomic E-state index is 13.5. The summed E-state index contributed by atoms with van der Waals surface area (Å²) in [6, 6.07) is 3.30. The van der Waals surface area contributed by atoms with E-state index in [4.69, 9.17) is 0 Å². The van der Waals surface area contributed by atoms with Gasteiger partial charge >= 0.3 is 0 Å². The third-order valence-electron chi connectivity index (χ3n) is 4.30. The van der Waals surface area contributed by atoms with Crippen LogP contribution in [-0.2, 0) is 0 Å². The number of rotatable bonds is 4. The number of hydrogen-bond acceptors (Lipinski definition) is 2. The molecule has 1 amide bonds. The van der Waals surface area contributed by atoms with Crippen LogP contribution in [0.4, 0.5) is 8.78 Å². The Morgan fingerprint density at radius 1 is 1.26 bits per heavy atom. The first-order chi connectivity index (χ1) is 11.0. The number of carbonyl (C=O) groups is 1. The van der Waals surface area contributed by atoms with Gasteiger partial charge in [0.25, 0.3) is 11.5 Å². The zero-order chi connectivity index (χ0) is 16.6. The number of hydrogen-bond donors (Lipinski definition) is 1. The maximum Gasteiger partial charge on any atom is 0.268 e. The van der Waals surface area contributed by atoms with Crippen LogP contribution in [-0.4, -0.2) is 17.0 Å². The topological polar surface area (TPSA) is 51.1 Å². The van der Waals surface area contributed by atoms with Crippen LogP contribution in [0.2, 0.25) is 0 Å². The van der Waals surface area contributed by atoms with Gasteiger partial charge in [-0.15, -0.1) is 0 Å². The van der Waals surface area contributed by atoms with Gasteiger partial charge in [-0.25, -0.2) is 8.78 Å². The summed E-state index contributed by atoms with van der Waals surface area (Å²) in [5, 5.41) is 3.09. The molecule has 2 aromatic rings. The Balaban J connectivity index is 2.21. The average molecular weight is 320 g/mol. The van der Waals surface area contributed by atoms with E-state index in [9.17, 15) is 18.4 Å². The third kappa shape index (κ3) is 2.73. The number of amides is 1. The number of fused-ring (bicyclic) bond motifs is 1. The number of benzene rings is 1. The summed E-state index contributed by atoms with van der Waals surface area (Å²) in [7, 11) is 0. The van der Waals surface area contributed by atoms with E-state index in [-0.39, 0.29) is 28.4 Å². The molecule has 0 aliphatic heterocycles. The minimum Gasteiger partial charge on any atom is -0.351 e. The molecule has 0 unspecified atom stereocenters. The molecule has 122 valence electrons. The van der Waals surface area contributed by atoms with Crippen LogP contribution in [0.1, 0.15) is 49.1 Å². The normalized spacial score (nSPS) is 14.7. The van der Waals surface area contributed by atoms with Gasteiger partial charge < -0.3 is 9.88 Å². The molecule has 1 N–H and O–H groups in total. The van der Waals surface area contributed by atoms with Crippen molar-refractivity contribution in [3.63, 3.8) is 0 Å². The zero-order valence-electron chi connectivity index (χ0n) is 12.9. The van der Waals surface area contributed by atoms with Gasteiger partial charge in [0, 0.05) is 12.6 Å².